The lowest BCUT2D eigenvalue weighted by atomic mass is 10.2. The van der Waals surface area contributed by atoms with Gasteiger partial charge in [-0.05, 0) is 37.3 Å². The summed E-state index contributed by atoms with van der Waals surface area (Å²) in [5, 5.41) is 13.5. The Morgan fingerprint density at radius 1 is 1.27 bits per heavy atom. The fourth-order valence-corrected chi connectivity index (χ4v) is 2.99. The van der Waals surface area contributed by atoms with Crippen molar-refractivity contribution >= 4 is 29.2 Å². The Kier molecular flexibility index (Phi) is 6.78. The molecule has 0 fully saturated rings. The molecule has 0 aliphatic carbocycles. The highest BCUT2D eigenvalue weighted by Gasteiger charge is 2.21. The number of hydrogen-bond acceptors (Lipinski definition) is 6. The van der Waals surface area contributed by atoms with Crippen LogP contribution in [0.2, 0.25) is 5.02 Å². The number of nitrogens with zero attached hydrogens (tertiary/aromatic N) is 5. The van der Waals surface area contributed by atoms with Gasteiger partial charge in [0.1, 0.15) is 5.56 Å². The van der Waals surface area contributed by atoms with Crippen LogP contribution in [0.5, 0.6) is 0 Å². The van der Waals surface area contributed by atoms with E-state index in [-0.39, 0.29) is 18.5 Å². The first-order chi connectivity index (χ1) is 14.5. The lowest BCUT2D eigenvalue weighted by Crippen LogP contribution is -2.35. The summed E-state index contributed by atoms with van der Waals surface area (Å²) in [5.74, 6) is -0.571. The molecule has 0 radical (unpaired) electrons. The van der Waals surface area contributed by atoms with Crippen LogP contribution in [0.15, 0.2) is 54.9 Å². The van der Waals surface area contributed by atoms with Crippen LogP contribution in [0.4, 0.5) is 5.69 Å². The van der Waals surface area contributed by atoms with E-state index in [0.29, 0.717) is 22.2 Å². The zero-order valence-electron chi connectivity index (χ0n) is 16.2. The van der Waals surface area contributed by atoms with Crippen molar-refractivity contribution in [3.05, 3.63) is 71.1 Å². The number of esters is 1. The fourth-order valence-electron chi connectivity index (χ4n) is 2.81. The van der Waals surface area contributed by atoms with Gasteiger partial charge >= 0.3 is 5.97 Å². The summed E-state index contributed by atoms with van der Waals surface area (Å²) < 4.78 is 6.73. The van der Waals surface area contributed by atoms with Gasteiger partial charge in [0, 0.05) is 23.5 Å². The van der Waals surface area contributed by atoms with Crippen molar-refractivity contribution in [3.63, 3.8) is 0 Å². The minimum absolute atomic E-state index is 0.127. The maximum atomic E-state index is 12.7. The molecule has 8 nitrogen and oxygen atoms in total. The van der Waals surface area contributed by atoms with Crippen molar-refractivity contribution < 1.29 is 14.3 Å². The van der Waals surface area contributed by atoms with Gasteiger partial charge in [0.15, 0.2) is 12.4 Å². The Morgan fingerprint density at radius 3 is 2.80 bits per heavy atom. The zero-order valence-corrected chi connectivity index (χ0v) is 16.9. The Balaban J connectivity index is 1.70. The Labute approximate surface area is 178 Å². The van der Waals surface area contributed by atoms with E-state index in [4.69, 9.17) is 21.6 Å². The number of pyridine rings is 1. The van der Waals surface area contributed by atoms with Crippen LogP contribution < -0.4 is 4.90 Å². The predicted molar refractivity (Wildman–Crippen MR) is 110 cm³/mol. The van der Waals surface area contributed by atoms with Crippen LogP contribution in [0.25, 0.3) is 5.82 Å². The first kappa shape index (κ1) is 21.0. The van der Waals surface area contributed by atoms with Crippen molar-refractivity contribution in [2.75, 3.05) is 18.1 Å². The number of carbonyl (C=O) groups excluding carboxylic acids is 2. The van der Waals surface area contributed by atoms with Crippen molar-refractivity contribution in [1.82, 2.24) is 14.8 Å². The zero-order chi connectivity index (χ0) is 21.5. The van der Waals surface area contributed by atoms with Gasteiger partial charge in [0.25, 0.3) is 5.91 Å². The van der Waals surface area contributed by atoms with Crippen LogP contribution in [0, 0.1) is 18.3 Å². The van der Waals surface area contributed by atoms with Gasteiger partial charge in [-0.15, -0.1) is 0 Å². The van der Waals surface area contributed by atoms with E-state index in [1.54, 1.807) is 49.5 Å². The maximum absolute atomic E-state index is 12.7. The van der Waals surface area contributed by atoms with Gasteiger partial charge in [-0.1, -0.05) is 23.7 Å². The molecule has 0 atom stereocenters. The highest BCUT2D eigenvalue weighted by Crippen LogP contribution is 2.20. The second-order valence-electron chi connectivity index (χ2n) is 6.25. The molecular formula is C21H18ClN5O3. The molecule has 2 heterocycles. The first-order valence-electron chi connectivity index (χ1n) is 9.07. The quantitative estimate of drug-likeness (QED) is 0.540. The van der Waals surface area contributed by atoms with E-state index in [1.165, 1.54) is 15.8 Å². The average molecular weight is 424 g/mol. The monoisotopic (exact) mass is 423 g/mol. The molecule has 2 aromatic heterocycles. The topological polar surface area (TPSA) is 101 Å². The van der Waals surface area contributed by atoms with Gasteiger partial charge in [0.2, 0.25) is 0 Å². The number of anilines is 1. The number of rotatable bonds is 7. The number of amides is 1. The van der Waals surface area contributed by atoms with Crippen molar-refractivity contribution in [2.24, 2.45) is 0 Å². The molecule has 152 valence electrons. The van der Waals surface area contributed by atoms with E-state index in [2.05, 4.69) is 10.1 Å². The van der Waals surface area contributed by atoms with Crippen molar-refractivity contribution in [3.8, 4) is 11.9 Å². The number of carbonyl (C=O) groups is 2. The number of hydrogen-bond donors (Lipinski definition) is 0. The predicted octanol–water partition coefficient (Wildman–Crippen LogP) is 3.33. The van der Waals surface area contributed by atoms with E-state index in [9.17, 15) is 9.59 Å². The van der Waals surface area contributed by atoms with Gasteiger partial charge in [0.05, 0.1) is 24.4 Å². The largest absolute Gasteiger partial charge is 0.452 e. The standard InChI is InChI=1S/C21H18ClN5O3/c1-15-18(13-25-27(15)19-8-2-3-10-24-19)21(29)30-14-20(28)26(11-5-9-23)17-7-4-6-16(22)12-17/h2-4,6-8,10,12-13H,5,11,14H2,1H3. The Bertz CT molecular complexity index is 1090. The molecule has 0 N–H and O–H groups in total. The van der Waals surface area contributed by atoms with E-state index in [1.807, 2.05) is 12.1 Å². The lowest BCUT2D eigenvalue weighted by molar-refractivity contribution is -0.121. The number of benzene rings is 1. The molecule has 30 heavy (non-hydrogen) atoms. The second kappa shape index (κ2) is 9.67. The number of aromatic nitrogens is 3. The smallest absolute Gasteiger partial charge is 0.342 e. The summed E-state index contributed by atoms with van der Waals surface area (Å²) >= 11 is 6.00. The molecule has 3 rings (SSSR count). The van der Waals surface area contributed by atoms with Crippen LogP contribution in [-0.2, 0) is 9.53 Å². The molecule has 0 saturated heterocycles. The van der Waals surface area contributed by atoms with Crippen molar-refractivity contribution in [1.29, 1.82) is 5.26 Å². The molecule has 0 unspecified atom stereocenters. The molecule has 0 bridgehead atoms. The average Bonchev–Trinajstić information content (AvgIpc) is 3.14. The minimum atomic E-state index is -0.672. The highest BCUT2D eigenvalue weighted by molar-refractivity contribution is 6.30. The molecule has 9 heteroatoms. The first-order valence-corrected chi connectivity index (χ1v) is 9.45. The summed E-state index contributed by atoms with van der Waals surface area (Å²) in [7, 11) is 0. The maximum Gasteiger partial charge on any atom is 0.342 e. The van der Waals surface area contributed by atoms with Gasteiger partial charge in [-0.2, -0.15) is 10.4 Å². The fraction of sp³-hybridized carbons (Fsp3) is 0.190. The van der Waals surface area contributed by atoms with Crippen LogP contribution >= 0.6 is 11.6 Å². The third kappa shape index (κ3) is 4.82. The second-order valence-corrected chi connectivity index (χ2v) is 6.69. The molecule has 3 aromatic rings. The van der Waals surface area contributed by atoms with Crippen molar-refractivity contribution in [2.45, 2.75) is 13.3 Å². The van der Waals surface area contributed by atoms with Gasteiger partial charge in [-0.3, -0.25) is 4.79 Å². The number of halogens is 1. The van der Waals surface area contributed by atoms with E-state index in [0.717, 1.165) is 0 Å². The third-order valence-electron chi connectivity index (χ3n) is 4.29. The van der Waals surface area contributed by atoms with E-state index < -0.39 is 18.5 Å². The molecule has 0 saturated carbocycles. The van der Waals surface area contributed by atoms with Crippen LogP contribution in [0.1, 0.15) is 22.5 Å². The number of ether oxygens (including phenoxy) is 1. The molecule has 0 aliphatic heterocycles. The normalized spacial score (nSPS) is 10.3. The third-order valence-corrected chi connectivity index (χ3v) is 4.53. The molecule has 1 aromatic carbocycles. The van der Waals surface area contributed by atoms with Gasteiger partial charge in [-0.25, -0.2) is 14.5 Å². The summed E-state index contributed by atoms with van der Waals surface area (Å²) in [5.41, 5.74) is 1.31. The Morgan fingerprint density at radius 2 is 2.10 bits per heavy atom. The summed E-state index contributed by atoms with van der Waals surface area (Å²) in [6.07, 6.45) is 3.13. The number of nitriles is 1. The SMILES string of the molecule is Cc1c(C(=O)OCC(=O)N(CCC#N)c2cccc(Cl)c2)cnn1-c1ccccn1. The molecule has 1 amide bonds. The Hall–Kier alpha value is -3.70. The van der Waals surface area contributed by atoms with Crippen LogP contribution in [-0.4, -0.2) is 39.8 Å². The minimum Gasteiger partial charge on any atom is -0.452 e. The van der Waals surface area contributed by atoms with E-state index >= 15 is 0 Å². The van der Waals surface area contributed by atoms with Crippen LogP contribution in [0.3, 0.4) is 0 Å². The summed E-state index contributed by atoms with van der Waals surface area (Å²) in [6.45, 7) is 1.39. The van der Waals surface area contributed by atoms with Gasteiger partial charge < -0.3 is 9.64 Å². The molecule has 0 spiro atoms. The highest BCUT2D eigenvalue weighted by atomic mass is 35.5. The molecule has 0 aliphatic rings. The summed E-state index contributed by atoms with van der Waals surface area (Å²) in [6, 6.07) is 14.0. The lowest BCUT2D eigenvalue weighted by Gasteiger charge is -2.21. The summed E-state index contributed by atoms with van der Waals surface area (Å²) in [4.78, 5) is 30.7. The molecular weight excluding hydrogens is 406 g/mol.